The van der Waals surface area contributed by atoms with Gasteiger partial charge in [-0.05, 0) is 37.1 Å². The van der Waals surface area contributed by atoms with E-state index in [0.29, 0.717) is 4.88 Å². The number of carbonyl (C=O) groups excluding carboxylic acids is 2. The van der Waals surface area contributed by atoms with Gasteiger partial charge in [0.2, 0.25) is 0 Å². The highest BCUT2D eigenvalue weighted by molar-refractivity contribution is 7.13. The smallest absolute Gasteiger partial charge is 0.348 e. The van der Waals surface area contributed by atoms with E-state index in [1.807, 2.05) is 44.2 Å². The van der Waals surface area contributed by atoms with Gasteiger partial charge in [0.1, 0.15) is 4.88 Å². The fourth-order valence-electron chi connectivity index (χ4n) is 1.88. The molecule has 0 atom stereocenters. The maximum Gasteiger partial charge on any atom is 0.348 e. The maximum absolute atomic E-state index is 11.8. The Hall–Kier alpha value is -2.14. The van der Waals surface area contributed by atoms with Gasteiger partial charge in [-0.3, -0.25) is 4.79 Å². The van der Waals surface area contributed by atoms with Crippen LogP contribution in [0.2, 0.25) is 0 Å². The zero-order chi connectivity index (χ0) is 15.2. The lowest BCUT2D eigenvalue weighted by atomic mass is 10.1. The molecule has 0 bridgehead atoms. The third kappa shape index (κ3) is 4.16. The Balaban J connectivity index is 1.89. The predicted octanol–water partition coefficient (Wildman–Crippen LogP) is 3.41. The fourth-order valence-corrected chi connectivity index (χ4v) is 2.64. The Morgan fingerprint density at radius 2 is 1.95 bits per heavy atom. The molecule has 0 saturated heterocycles. The van der Waals surface area contributed by atoms with Crippen molar-refractivity contribution in [3.05, 3.63) is 51.7 Å². The van der Waals surface area contributed by atoms with Gasteiger partial charge < -0.3 is 10.1 Å². The molecular formula is C16H17NO3S. The van der Waals surface area contributed by atoms with Crippen LogP contribution in [0.15, 0.2) is 36.4 Å². The summed E-state index contributed by atoms with van der Waals surface area (Å²) in [5.74, 6) is -0.801. The monoisotopic (exact) mass is 303 g/mol. The molecule has 110 valence electrons. The van der Waals surface area contributed by atoms with E-state index < -0.39 is 5.97 Å². The average Bonchev–Trinajstić information content (AvgIpc) is 2.92. The van der Waals surface area contributed by atoms with E-state index >= 15 is 0 Å². The van der Waals surface area contributed by atoms with Gasteiger partial charge in [0, 0.05) is 10.6 Å². The van der Waals surface area contributed by atoms with Crippen molar-refractivity contribution in [3.8, 4) is 0 Å². The summed E-state index contributed by atoms with van der Waals surface area (Å²) in [5, 5.41) is 2.76. The minimum absolute atomic E-state index is 0.284. The minimum atomic E-state index is -0.466. The molecule has 0 saturated carbocycles. The van der Waals surface area contributed by atoms with Crippen molar-refractivity contribution < 1.29 is 14.3 Å². The van der Waals surface area contributed by atoms with E-state index in [2.05, 4.69) is 5.32 Å². The minimum Gasteiger partial charge on any atom is -0.451 e. The largest absolute Gasteiger partial charge is 0.451 e. The van der Waals surface area contributed by atoms with Crippen molar-refractivity contribution in [2.45, 2.75) is 20.3 Å². The van der Waals surface area contributed by atoms with Crippen molar-refractivity contribution in [2.75, 3.05) is 11.9 Å². The van der Waals surface area contributed by atoms with E-state index in [0.717, 1.165) is 22.5 Å². The first-order valence-electron chi connectivity index (χ1n) is 6.71. The summed E-state index contributed by atoms with van der Waals surface area (Å²) >= 11 is 1.35. The van der Waals surface area contributed by atoms with E-state index in [1.165, 1.54) is 11.3 Å². The molecule has 5 heteroatoms. The van der Waals surface area contributed by atoms with Crippen LogP contribution in [-0.2, 0) is 16.0 Å². The third-order valence-electron chi connectivity index (χ3n) is 2.95. The van der Waals surface area contributed by atoms with Crippen LogP contribution in [0, 0.1) is 6.92 Å². The molecule has 0 spiro atoms. The van der Waals surface area contributed by atoms with Crippen LogP contribution in [0.4, 0.5) is 5.69 Å². The number of hydrogen-bond acceptors (Lipinski definition) is 4. The SMILES string of the molecule is CCc1ccccc1NC(=O)COC(=O)c1ccc(C)s1. The summed E-state index contributed by atoms with van der Waals surface area (Å²) in [4.78, 5) is 25.1. The lowest BCUT2D eigenvalue weighted by Crippen LogP contribution is -2.21. The molecule has 1 N–H and O–H groups in total. The number of thiophene rings is 1. The molecule has 1 aromatic carbocycles. The molecule has 2 aromatic rings. The lowest BCUT2D eigenvalue weighted by Gasteiger charge is -2.09. The second-order valence-electron chi connectivity index (χ2n) is 4.55. The van der Waals surface area contributed by atoms with Crippen LogP contribution in [0.25, 0.3) is 0 Å². The lowest BCUT2D eigenvalue weighted by molar-refractivity contribution is -0.119. The average molecular weight is 303 g/mol. The Labute approximate surface area is 127 Å². The van der Waals surface area contributed by atoms with Crippen LogP contribution in [0.5, 0.6) is 0 Å². The summed E-state index contributed by atoms with van der Waals surface area (Å²) in [6.07, 6.45) is 0.824. The molecule has 4 nitrogen and oxygen atoms in total. The topological polar surface area (TPSA) is 55.4 Å². The molecular weight excluding hydrogens is 286 g/mol. The van der Waals surface area contributed by atoms with Crippen LogP contribution in [0.1, 0.15) is 27.0 Å². The number of para-hydroxylation sites is 1. The fraction of sp³-hybridized carbons (Fsp3) is 0.250. The van der Waals surface area contributed by atoms with Crippen LogP contribution in [0.3, 0.4) is 0 Å². The highest BCUT2D eigenvalue weighted by atomic mass is 32.1. The standard InChI is InChI=1S/C16H17NO3S/c1-3-12-6-4-5-7-13(12)17-15(18)10-20-16(19)14-9-8-11(2)21-14/h4-9H,3,10H2,1-2H3,(H,17,18). The molecule has 1 aromatic heterocycles. The molecule has 1 heterocycles. The predicted molar refractivity (Wildman–Crippen MR) is 83.8 cm³/mol. The zero-order valence-corrected chi connectivity index (χ0v) is 12.8. The number of ether oxygens (including phenoxy) is 1. The Morgan fingerprint density at radius 1 is 1.19 bits per heavy atom. The van der Waals surface area contributed by atoms with Gasteiger partial charge in [0.25, 0.3) is 5.91 Å². The Morgan fingerprint density at radius 3 is 2.62 bits per heavy atom. The summed E-state index contributed by atoms with van der Waals surface area (Å²) in [6.45, 7) is 3.65. The highest BCUT2D eigenvalue weighted by Gasteiger charge is 2.12. The molecule has 0 radical (unpaired) electrons. The number of benzene rings is 1. The molecule has 0 aliphatic rings. The molecule has 1 amide bonds. The van der Waals surface area contributed by atoms with Crippen molar-refractivity contribution >= 4 is 28.9 Å². The van der Waals surface area contributed by atoms with Crippen molar-refractivity contribution in [2.24, 2.45) is 0 Å². The molecule has 0 aliphatic carbocycles. The zero-order valence-electron chi connectivity index (χ0n) is 12.0. The van der Waals surface area contributed by atoms with Crippen LogP contribution < -0.4 is 5.32 Å². The highest BCUT2D eigenvalue weighted by Crippen LogP contribution is 2.17. The molecule has 0 unspecified atom stereocenters. The van der Waals surface area contributed by atoms with E-state index in [4.69, 9.17) is 4.74 Å². The number of nitrogens with one attached hydrogen (secondary N) is 1. The molecule has 0 fully saturated rings. The quantitative estimate of drug-likeness (QED) is 0.861. The van der Waals surface area contributed by atoms with Gasteiger partial charge in [0.15, 0.2) is 6.61 Å². The van der Waals surface area contributed by atoms with Gasteiger partial charge in [-0.1, -0.05) is 25.1 Å². The normalized spacial score (nSPS) is 10.2. The van der Waals surface area contributed by atoms with Gasteiger partial charge in [-0.25, -0.2) is 4.79 Å². The van der Waals surface area contributed by atoms with Gasteiger partial charge >= 0.3 is 5.97 Å². The summed E-state index contributed by atoms with van der Waals surface area (Å²) in [7, 11) is 0. The number of anilines is 1. The van der Waals surface area contributed by atoms with Gasteiger partial charge in [0.05, 0.1) is 0 Å². The van der Waals surface area contributed by atoms with E-state index in [9.17, 15) is 9.59 Å². The van der Waals surface area contributed by atoms with Crippen molar-refractivity contribution in [1.82, 2.24) is 0 Å². The van der Waals surface area contributed by atoms with Crippen LogP contribution >= 0.6 is 11.3 Å². The molecule has 21 heavy (non-hydrogen) atoms. The Kier molecular flexibility index (Phi) is 5.11. The number of amides is 1. The maximum atomic E-state index is 11.8. The van der Waals surface area contributed by atoms with Crippen LogP contribution in [-0.4, -0.2) is 18.5 Å². The van der Waals surface area contributed by atoms with E-state index in [-0.39, 0.29) is 12.5 Å². The molecule has 0 aliphatic heterocycles. The second kappa shape index (κ2) is 7.04. The third-order valence-corrected chi connectivity index (χ3v) is 3.93. The Bertz CT molecular complexity index is 648. The van der Waals surface area contributed by atoms with Gasteiger partial charge in [-0.15, -0.1) is 11.3 Å². The summed E-state index contributed by atoms with van der Waals surface area (Å²) in [6, 6.07) is 11.1. The number of carbonyl (C=O) groups is 2. The summed E-state index contributed by atoms with van der Waals surface area (Å²) < 4.78 is 5.01. The first-order chi connectivity index (χ1) is 10.1. The first kappa shape index (κ1) is 15.3. The molecule has 2 rings (SSSR count). The number of rotatable bonds is 5. The number of aryl methyl sites for hydroxylation is 2. The van der Waals surface area contributed by atoms with Gasteiger partial charge in [-0.2, -0.15) is 0 Å². The first-order valence-corrected chi connectivity index (χ1v) is 7.53. The summed E-state index contributed by atoms with van der Waals surface area (Å²) in [5.41, 5.74) is 1.80. The van der Waals surface area contributed by atoms with Crippen molar-refractivity contribution in [1.29, 1.82) is 0 Å². The second-order valence-corrected chi connectivity index (χ2v) is 5.83. The number of esters is 1. The number of hydrogen-bond donors (Lipinski definition) is 1. The van der Waals surface area contributed by atoms with Crippen molar-refractivity contribution in [3.63, 3.8) is 0 Å². The van der Waals surface area contributed by atoms with E-state index in [1.54, 1.807) is 6.07 Å².